The van der Waals surface area contributed by atoms with Crippen LogP contribution in [0.5, 0.6) is 5.75 Å². The van der Waals surface area contributed by atoms with Crippen molar-refractivity contribution in [3.8, 4) is 28.1 Å². The molecule has 0 amide bonds. The number of H-pyrrole nitrogens is 1. The molecule has 0 unspecified atom stereocenters. The molecule has 0 radical (unpaired) electrons. The van der Waals surface area contributed by atoms with Crippen molar-refractivity contribution in [2.75, 3.05) is 12.8 Å². The van der Waals surface area contributed by atoms with Crippen molar-refractivity contribution < 1.29 is 4.74 Å². The summed E-state index contributed by atoms with van der Waals surface area (Å²) in [7, 11) is 1.65. The van der Waals surface area contributed by atoms with Crippen LogP contribution in [0.3, 0.4) is 0 Å². The van der Waals surface area contributed by atoms with Crippen LogP contribution in [-0.4, -0.2) is 17.3 Å². The van der Waals surface area contributed by atoms with Gasteiger partial charge < -0.3 is 10.5 Å². The molecule has 0 atom stereocenters. The molecule has 3 aromatic rings. The van der Waals surface area contributed by atoms with Gasteiger partial charge in [-0.3, -0.25) is 5.10 Å². The van der Waals surface area contributed by atoms with Crippen molar-refractivity contribution in [2.45, 2.75) is 0 Å². The van der Waals surface area contributed by atoms with Crippen LogP contribution >= 0.6 is 15.9 Å². The Balaban J connectivity index is 2.15. The number of hydrogen-bond acceptors (Lipinski definition) is 3. The highest BCUT2D eigenvalue weighted by Gasteiger charge is 2.16. The Labute approximate surface area is 131 Å². The Kier molecular flexibility index (Phi) is 3.66. The molecule has 0 aliphatic heterocycles. The molecule has 2 aromatic carbocycles. The van der Waals surface area contributed by atoms with Gasteiger partial charge in [-0.25, -0.2) is 0 Å². The fourth-order valence-electron chi connectivity index (χ4n) is 2.26. The largest absolute Gasteiger partial charge is 0.497 e. The highest BCUT2D eigenvalue weighted by Crippen LogP contribution is 2.38. The lowest BCUT2D eigenvalue weighted by Crippen LogP contribution is -1.90. The summed E-state index contributed by atoms with van der Waals surface area (Å²) in [4.78, 5) is 0. The molecular weight excluding hydrogens is 330 g/mol. The maximum absolute atomic E-state index is 6.05. The first kappa shape index (κ1) is 13.7. The van der Waals surface area contributed by atoms with Crippen LogP contribution in [0.1, 0.15) is 0 Å². The van der Waals surface area contributed by atoms with E-state index in [9.17, 15) is 0 Å². The average molecular weight is 344 g/mol. The molecular formula is C16H14BrN3O. The number of aromatic nitrogens is 2. The van der Waals surface area contributed by atoms with E-state index >= 15 is 0 Å². The zero-order valence-electron chi connectivity index (χ0n) is 11.4. The monoisotopic (exact) mass is 343 g/mol. The maximum Gasteiger partial charge on any atom is 0.153 e. The fraction of sp³-hybridized carbons (Fsp3) is 0.0625. The van der Waals surface area contributed by atoms with E-state index in [1.54, 1.807) is 7.11 Å². The number of halogens is 1. The third-order valence-electron chi connectivity index (χ3n) is 3.32. The van der Waals surface area contributed by atoms with Gasteiger partial charge in [0.1, 0.15) is 5.75 Å². The van der Waals surface area contributed by atoms with Gasteiger partial charge in [-0.1, -0.05) is 34.1 Å². The van der Waals surface area contributed by atoms with Gasteiger partial charge in [-0.2, -0.15) is 5.10 Å². The zero-order valence-corrected chi connectivity index (χ0v) is 13.0. The quantitative estimate of drug-likeness (QED) is 0.752. The molecule has 0 bridgehead atoms. The fourth-order valence-corrected chi connectivity index (χ4v) is 2.74. The van der Waals surface area contributed by atoms with Gasteiger partial charge in [0.25, 0.3) is 0 Å². The van der Waals surface area contributed by atoms with Crippen molar-refractivity contribution in [3.05, 3.63) is 53.0 Å². The minimum absolute atomic E-state index is 0.479. The molecule has 0 spiro atoms. The number of rotatable bonds is 3. The Bertz CT molecular complexity index is 765. The van der Waals surface area contributed by atoms with Crippen LogP contribution in [0.4, 0.5) is 5.82 Å². The predicted molar refractivity (Wildman–Crippen MR) is 88.1 cm³/mol. The van der Waals surface area contributed by atoms with E-state index in [1.165, 1.54) is 0 Å². The summed E-state index contributed by atoms with van der Waals surface area (Å²) in [5.41, 5.74) is 9.85. The van der Waals surface area contributed by atoms with E-state index in [-0.39, 0.29) is 0 Å². The first-order valence-electron chi connectivity index (χ1n) is 6.44. The van der Waals surface area contributed by atoms with E-state index in [2.05, 4.69) is 26.1 Å². The van der Waals surface area contributed by atoms with Gasteiger partial charge in [0, 0.05) is 15.6 Å². The van der Waals surface area contributed by atoms with Crippen molar-refractivity contribution in [1.82, 2.24) is 10.2 Å². The zero-order chi connectivity index (χ0) is 14.8. The Hall–Kier alpha value is -2.27. The standard InChI is InChI=1S/C16H14BrN3O/c1-21-11-8-6-10(7-9-11)15-14(16(18)20-19-15)12-4-2-3-5-13(12)17/h2-9H,1H3,(H3,18,19,20). The first-order chi connectivity index (χ1) is 10.2. The lowest BCUT2D eigenvalue weighted by atomic mass is 10.0. The third-order valence-corrected chi connectivity index (χ3v) is 4.01. The van der Waals surface area contributed by atoms with Crippen LogP contribution in [0.2, 0.25) is 0 Å². The Morgan fingerprint density at radius 1 is 1.10 bits per heavy atom. The molecule has 1 aromatic heterocycles. The lowest BCUT2D eigenvalue weighted by molar-refractivity contribution is 0.415. The maximum atomic E-state index is 6.05. The van der Waals surface area contributed by atoms with Crippen LogP contribution in [0, 0.1) is 0 Å². The number of ether oxygens (including phenoxy) is 1. The smallest absolute Gasteiger partial charge is 0.153 e. The number of nitrogens with two attached hydrogens (primary N) is 1. The van der Waals surface area contributed by atoms with Crippen molar-refractivity contribution in [1.29, 1.82) is 0 Å². The molecule has 4 nitrogen and oxygen atoms in total. The third kappa shape index (κ3) is 2.52. The van der Waals surface area contributed by atoms with Gasteiger partial charge >= 0.3 is 0 Å². The van der Waals surface area contributed by atoms with Crippen LogP contribution in [-0.2, 0) is 0 Å². The number of methoxy groups -OCH3 is 1. The second kappa shape index (κ2) is 5.61. The van der Waals surface area contributed by atoms with Gasteiger partial charge in [-0.05, 0) is 30.3 Å². The molecule has 3 rings (SSSR count). The molecule has 3 N–H and O–H groups in total. The second-order valence-electron chi connectivity index (χ2n) is 4.57. The number of aromatic amines is 1. The number of nitrogens with zero attached hydrogens (tertiary/aromatic N) is 1. The van der Waals surface area contributed by atoms with Gasteiger partial charge in [0.2, 0.25) is 0 Å². The summed E-state index contributed by atoms with van der Waals surface area (Å²) in [6, 6.07) is 15.7. The van der Waals surface area contributed by atoms with Crippen molar-refractivity contribution in [3.63, 3.8) is 0 Å². The topological polar surface area (TPSA) is 63.9 Å². The molecule has 5 heteroatoms. The summed E-state index contributed by atoms with van der Waals surface area (Å²) >= 11 is 3.56. The first-order valence-corrected chi connectivity index (χ1v) is 7.23. The number of hydrogen-bond donors (Lipinski definition) is 2. The van der Waals surface area contributed by atoms with Crippen LogP contribution in [0.15, 0.2) is 53.0 Å². The second-order valence-corrected chi connectivity index (χ2v) is 5.42. The lowest BCUT2D eigenvalue weighted by Gasteiger charge is -2.07. The van der Waals surface area contributed by atoms with Gasteiger partial charge in [0.05, 0.1) is 18.4 Å². The van der Waals surface area contributed by atoms with E-state index < -0.39 is 0 Å². The molecule has 0 saturated carbocycles. The number of nitrogens with one attached hydrogen (secondary N) is 1. The highest BCUT2D eigenvalue weighted by atomic mass is 79.9. The van der Waals surface area contributed by atoms with Crippen molar-refractivity contribution in [2.24, 2.45) is 0 Å². The summed E-state index contributed by atoms with van der Waals surface area (Å²) < 4.78 is 6.17. The molecule has 106 valence electrons. The molecule has 1 heterocycles. The van der Waals surface area contributed by atoms with Gasteiger partial charge in [0.15, 0.2) is 5.82 Å². The molecule has 0 aliphatic rings. The highest BCUT2D eigenvalue weighted by molar-refractivity contribution is 9.10. The minimum atomic E-state index is 0.479. The summed E-state index contributed by atoms with van der Waals surface area (Å²) in [5.74, 6) is 1.29. The average Bonchev–Trinajstić information content (AvgIpc) is 2.89. The Morgan fingerprint density at radius 2 is 1.81 bits per heavy atom. The van der Waals surface area contributed by atoms with Crippen LogP contribution in [0.25, 0.3) is 22.4 Å². The molecule has 0 saturated heterocycles. The van der Waals surface area contributed by atoms with E-state index in [1.807, 2.05) is 48.5 Å². The molecule has 0 fully saturated rings. The molecule has 0 aliphatic carbocycles. The van der Waals surface area contributed by atoms with Crippen LogP contribution < -0.4 is 10.5 Å². The van der Waals surface area contributed by atoms with E-state index in [0.717, 1.165) is 32.6 Å². The van der Waals surface area contributed by atoms with Gasteiger partial charge in [-0.15, -0.1) is 0 Å². The SMILES string of the molecule is COc1ccc(-c2[nH]nc(N)c2-c2ccccc2Br)cc1. The predicted octanol–water partition coefficient (Wildman–Crippen LogP) is 4.10. The van der Waals surface area contributed by atoms with E-state index in [4.69, 9.17) is 10.5 Å². The van der Waals surface area contributed by atoms with E-state index in [0.29, 0.717) is 5.82 Å². The normalized spacial score (nSPS) is 10.6. The molecule has 21 heavy (non-hydrogen) atoms. The minimum Gasteiger partial charge on any atom is -0.497 e. The summed E-state index contributed by atoms with van der Waals surface area (Å²) in [6.45, 7) is 0. The number of anilines is 1. The number of benzene rings is 2. The Morgan fingerprint density at radius 3 is 2.48 bits per heavy atom. The van der Waals surface area contributed by atoms with Crippen molar-refractivity contribution >= 4 is 21.7 Å². The summed E-state index contributed by atoms with van der Waals surface area (Å²) in [5, 5.41) is 7.17. The number of nitrogen functional groups attached to an aromatic ring is 1. The summed E-state index contributed by atoms with van der Waals surface area (Å²) in [6.07, 6.45) is 0.